The number of carboxylic acids is 2. The maximum absolute atomic E-state index is 13.7. The third-order valence-corrected chi connectivity index (χ3v) is 11.8. The molecule has 280 valence electrons. The number of aromatic nitrogens is 1. The summed E-state index contributed by atoms with van der Waals surface area (Å²) in [6.07, 6.45) is -3.24. The summed E-state index contributed by atoms with van der Waals surface area (Å²) < 4.78 is 27.3. The number of halogens is 3. The van der Waals surface area contributed by atoms with Gasteiger partial charge in [0.25, 0.3) is 17.7 Å². The SMILES string of the molecule is Nc1nc(/C(=N/O[C@@H](C(=O)[O-])C2CCC(F)(F)CC2)C(=O)N[C@@H]2C(=O)N3C(C(=O)O)=C(CSCCNC(=O)c4ccc(O)c(O)c4Cl)CS[C@H]23)cs1.[Na+]. The fraction of sp³-hybridized carbons (Fsp3) is 0.433. The quantitative estimate of drug-likeness (QED) is 0.0312. The standard InChI is InChI=1S/C30H31ClF2N6O10S3.Na/c31-17-14(1-2-16(40)21(17)41)23(42)35-7-8-50-9-13-10-51-26-19(25(44)39(26)20(13)27(45)46)37-24(43)18(15-11-52-29(34)36-15)38-49-22(28(47)48)12-3-5-30(32,33)6-4-12;/h1-2,11-12,19,22,26,40-41H,3-10H2,(H2,34,36)(H,35,42)(H,37,43)(H,45,46)(H,47,48);/q;+1/p-1/b38-18-;/t19-,22-,26-;/m1./s1. The van der Waals surface area contributed by atoms with Crippen LogP contribution in [-0.4, -0.2) is 108 Å². The Morgan fingerprint density at radius 3 is 2.57 bits per heavy atom. The Bertz CT molecular complexity index is 1840. The van der Waals surface area contributed by atoms with Crippen LogP contribution in [0.4, 0.5) is 13.9 Å². The molecular weight excluding hydrogens is 797 g/mol. The van der Waals surface area contributed by atoms with E-state index in [2.05, 4.69) is 20.8 Å². The number of nitrogens with two attached hydrogens (primary N) is 1. The van der Waals surface area contributed by atoms with E-state index in [1.807, 2.05) is 0 Å². The molecule has 53 heavy (non-hydrogen) atoms. The van der Waals surface area contributed by atoms with E-state index in [-0.39, 0.29) is 87.6 Å². The zero-order chi connectivity index (χ0) is 37.9. The average Bonchev–Trinajstić information content (AvgIpc) is 3.52. The average molecular weight is 827 g/mol. The molecule has 23 heteroatoms. The minimum atomic E-state index is -2.94. The van der Waals surface area contributed by atoms with Gasteiger partial charge >= 0.3 is 35.5 Å². The molecule has 0 unspecified atom stereocenters. The van der Waals surface area contributed by atoms with Gasteiger partial charge in [-0.3, -0.25) is 19.3 Å². The molecule has 1 aromatic heterocycles. The summed E-state index contributed by atoms with van der Waals surface area (Å²) in [5.74, 6) is -9.64. The molecule has 1 saturated carbocycles. The van der Waals surface area contributed by atoms with Gasteiger partial charge in [0.05, 0.1) is 16.6 Å². The number of aliphatic carboxylic acids is 2. The number of phenolic OH excluding ortho intramolecular Hbond substituents is 2. The van der Waals surface area contributed by atoms with E-state index in [0.717, 1.165) is 22.3 Å². The summed E-state index contributed by atoms with van der Waals surface area (Å²) in [5.41, 5.74) is 5.18. The summed E-state index contributed by atoms with van der Waals surface area (Å²) in [7, 11) is 0. The van der Waals surface area contributed by atoms with E-state index in [1.54, 1.807) is 0 Å². The van der Waals surface area contributed by atoms with Gasteiger partial charge in [-0.1, -0.05) is 16.8 Å². The number of thioether (sulfide) groups is 2. The number of rotatable bonds is 14. The molecule has 3 aliphatic rings. The molecule has 1 saturated heterocycles. The topological polar surface area (TPSA) is 257 Å². The van der Waals surface area contributed by atoms with E-state index in [0.29, 0.717) is 11.3 Å². The molecule has 2 fully saturated rings. The van der Waals surface area contributed by atoms with Crippen molar-refractivity contribution in [1.29, 1.82) is 0 Å². The first kappa shape index (κ1) is 42.4. The van der Waals surface area contributed by atoms with Gasteiger partial charge in [-0.25, -0.2) is 18.6 Å². The second kappa shape index (κ2) is 17.9. The summed E-state index contributed by atoms with van der Waals surface area (Å²) >= 11 is 9.33. The summed E-state index contributed by atoms with van der Waals surface area (Å²) in [5, 5.41) is 50.2. The molecular formula is C30H30ClF2N6NaO10S3. The number of carbonyl (C=O) groups is 5. The Morgan fingerprint density at radius 1 is 1.25 bits per heavy atom. The molecule has 1 aromatic carbocycles. The molecule has 0 radical (unpaired) electrons. The number of carboxylic acid groups (broad SMARTS) is 2. The van der Waals surface area contributed by atoms with Gasteiger partial charge in [0.1, 0.15) is 22.8 Å². The fourth-order valence-electron chi connectivity index (χ4n) is 5.66. The molecule has 0 bridgehead atoms. The van der Waals surface area contributed by atoms with E-state index < -0.39 is 89.1 Å². The van der Waals surface area contributed by atoms with Crippen molar-refractivity contribution >= 4 is 87.0 Å². The summed E-state index contributed by atoms with van der Waals surface area (Å²) in [6.45, 7) is 0.141. The van der Waals surface area contributed by atoms with Gasteiger partial charge in [-0.05, 0) is 30.5 Å². The van der Waals surface area contributed by atoms with Gasteiger partial charge in [0.2, 0.25) is 5.92 Å². The number of benzene rings is 1. The molecule has 3 amide bonds. The van der Waals surface area contributed by atoms with Gasteiger partial charge < -0.3 is 46.4 Å². The van der Waals surface area contributed by atoms with Crippen LogP contribution in [0.15, 0.2) is 33.9 Å². The maximum atomic E-state index is 13.7. The molecule has 0 spiro atoms. The van der Waals surface area contributed by atoms with Crippen LogP contribution >= 0.6 is 46.5 Å². The second-order valence-corrected chi connectivity index (χ2v) is 15.2. The molecule has 1 aliphatic carbocycles. The molecule has 16 nitrogen and oxygen atoms in total. The number of β-lactam (4-membered cyclic amide) rings is 1. The van der Waals surface area contributed by atoms with Crippen LogP contribution in [0.2, 0.25) is 5.02 Å². The number of hydrogen-bond donors (Lipinski definition) is 6. The van der Waals surface area contributed by atoms with Crippen LogP contribution in [0.3, 0.4) is 0 Å². The molecule has 7 N–H and O–H groups in total. The number of aromatic hydroxyl groups is 2. The number of nitrogens with one attached hydrogen (secondary N) is 2. The summed E-state index contributed by atoms with van der Waals surface area (Å²) in [4.78, 5) is 73.6. The molecule has 2 aliphatic heterocycles. The predicted molar refractivity (Wildman–Crippen MR) is 184 cm³/mol. The number of nitrogen functional groups attached to an aromatic ring is 1. The van der Waals surface area contributed by atoms with Crippen molar-refractivity contribution in [3.05, 3.63) is 45.1 Å². The van der Waals surface area contributed by atoms with Crippen LogP contribution in [0.1, 0.15) is 41.7 Å². The van der Waals surface area contributed by atoms with Gasteiger partial charge in [-0.2, -0.15) is 11.8 Å². The van der Waals surface area contributed by atoms with Crippen LogP contribution in [0.25, 0.3) is 0 Å². The van der Waals surface area contributed by atoms with Gasteiger partial charge in [0.15, 0.2) is 28.4 Å². The van der Waals surface area contributed by atoms with Crippen molar-refractivity contribution in [2.75, 3.05) is 29.5 Å². The largest absolute Gasteiger partial charge is 1.00 e. The second-order valence-electron chi connectivity index (χ2n) is 11.8. The van der Waals surface area contributed by atoms with E-state index in [9.17, 15) is 53.2 Å². The van der Waals surface area contributed by atoms with Crippen molar-refractivity contribution in [1.82, 2.24) is 20.5 Å². The first-order chi connectivity index (χ1) is 24.6. The third-order valence-electron chi connectivity index (χ3n) is 8.34. The zero-order valence-electron chi connectivity index (χ0n) is 27.7. The number of nitrogens with zero attached hydrogens (tertiary/aromatic N) is 3. The van der Waals surface area contributed by atoms with Crippen LogP contribution in [-0.2, 0) is 24.0 Å². The maximum Gasteiger partial charge on any atom is 1.00 e. The monoisotopic (exact) mass is 826 g/mol. The van der Waals surface area contributed by atoms with Crippen molar-refractivity contribution in [3.63, 3.8) is 0 Å². The van der Waals surface area contributed by atoms with E-state index >= 15 is 0 Å². The minimum Gasteiger partial charge on any atom is -0.546 e. The Morgan fingerprint density at radius 2 is 1.94 bits per heavy atom. The van der Waals surface area contributed by atoms with Crippen LogP contribution < -0.4 is 51.0 Å². The number of oxime groups is 1. The van der Waals surface area contributed by atoms with Gasteiger partial charge in [0, 0.05) is 47.9 Å². The van der Waals surface area contributed by atoms with E-state index in [1.165, 1.54) is 35.0 Å². The Balaban J connectivity index is 0.00000627. The molecule has 3 atom stereocenters. The molecule has 5 rings (SSSR count). The number of fused-ring (bicyclic) bond motifs is 1. The minimum absolute atomic E-state index is 0. The number of phenols is 2. The first-order valence-electron chi connectivity index (χ1n) is 15.4. The smallest absolute Gasteiger partial charge is 0.546 e. The van der Waals surface area contributed by atoms with Crippen LogP contribution in [0, 0.1) is 5.92 Å². The van der Waals surface area contributed by atoms with Crippen LogP contribution in [0.5, 0.6) is 11.5 Å². The Labute approximate surface area is 339 Å². The number of carbonyl (C=O) groups excluding carboxylic acids is 4. The van der Waals surface area contributed by atoms with Crippen molar-refractivity contribution in [3.8, 4) is 11.5 Å². The van der Waals surface area contributed by atoms with Crippen molar-refractivity contribution < 1.29 is 87.6 Å². The number of amides is 3. The molecule has 3 heterocycles. The third kappa shape index (κ3) is 9.67. The normalized spacial score (nSPS) is 20.4. The predicted octanol–water partition coefficient (Wildman–Crippen LogP) is -1.64. The fourth-order valence-corrected chi connectivity index (χ4v) is 8.80. The molecule has 2 aromatic rings. The van der Waals surface area contributed by atoms with Crippen molar-refractivity contribution in [2.24, 2.45) is 11.1 Å². The zero-order valence-corrected chi connectivity index (χ0v) is 32.9. The van der Waals surface area contributed by atoms with Gasteiger partial charge in [-0.15, -0.1) is 23.1 Å². The first-order valence-corrected chi connectivity index (χ1v) is 18.9. The Hall–Kier alpha value is -3.34. The Kier molecular flexibility index (Phi) is 14.3. The van der Waals surface area contributed by atoms with E-state index in [4.69, 9.17) is 22.2 Å². The number of anilines is 1. The number of hydrogen-bond acceptors (Lipinski definition) is 15. The number of alkyl halides is 2. The van der Waals surface area contributed by atoms with Crippen molar-refractivity contribution in [2.45, 2.75) is 49.1 Å². The summed E-state index contributed by atoms with van der Waals surface area (Å²) in [6, 6.07) is 1.15. The number of thiazole rings is 1.